The number of nitrogens with zero attached hydrogens (tertiary/aromatic N) is 18. The second-order valence-electron chi connectivity index (χ2n) is 26.3. The van der Waals surface area contributed by atoms with E-state index in [1.54, 1.807) is 9.36 Å². The van der Waals surface area contributed by atoms with E-state index < -0.39 is 0 Å². The predicted molar refractivity (Wildman–Crippen MR) is 402 cm³/mol. The first-order chi connectivity index (χ1) is 52.3. The van der Waals surface area contributed by atoms with Crippen LogP contribution >= 0.6 is 0 Å². The molecule has 0 saturated carbocycles. The third-order valence-electron chi connectivity index (χ3n) is 18.1. The fourth-order valence-corrected chi connectivity index (χ4v) is 12.2. The molecule has 8 heterocycles. The average molecular weight is 2010 g/mol. The summed E-state index contributed by atoms with van der Waals surface area (Å²) in [7, 11) is 0. The van der Waals surface area contributed by atoms with Crippen LogP contribution in [0.2, 0.25) is 0 Å². The van der Waals surface area contributed by atoms with Crippen molar-refractivity contribution in [1.29, 1.82) is 0 Å². The molecule has 0 aliphatic carbocycles. The van der Waals surface area contributed by atoms with Gasteiger partial charge >= 0.3 is 63.2 Å². The minimum Gasteiger partial charge on any atom is -0.497 e. The number of aromatic nitrogens is 18. The van der Waals surface area contributed by atoms with E-state index in [1.165, 1.54) is 89.9 Å². The molecule has 0 spiro atoms. The van der Waals surface area contributed by atoms with Gasteiger partial charge in [-0.25, -0.2) is 0 Å². The van der Waals surface area contributed by atoms with E-state index in [9.17, 15) is 0 Å². The summed E-state index contributed by atoms with van der Waals surface area (Å²) < 4.78 is 46.4. The van der Waals surface area contributed by atoms with Crippen molar-refractivity contribution in [2.24, 2.45) is 0 Å². The maximum absolute atomic E-state index is 6.16. The van der Waals surface area contributed by atoms with Crippen LogP contribution in [0.15, 0.2) is 134 Å². The molecule has 109 heavy (non-hydrogen) atoms. The zero-order valence-electron chi connectivity index (χ0n) is 62.4. The third-order valence-corrected chi connectivity index (χ3v) is 18.1. The van der Waals surface area contributed by atoms with Crippen molar-refractivity contribution in [3.8, 4) is 102 Å². The molecule has 16 bridgehead atoms. The minimum atomic E-state index is 0. The number of rotatable bonds is 14. The van der Waals surface area contributed by atoms with Gasteiger partial charge in [0, 0.05) is 131 Å². The minimum absolute atomic E-state index is 0. The second-order valence-corrected chi connectivity index (χ2v) is 26.3. The molecular formula is C82H94N18O6Pt3. The first-order valence-electron chi connectivity index (χ1n) is 37.6. The predicted octanol–water partition coefficient (Wildman–Crippen LogP) is 16.5. The molecule has 6 aromatic carbocycles. The number of ether oxygens (including phenoxy) is 6. The number of unbranched alkanes of at least 4 members (excludes halogenated alkanes) is 6. The quantitative estimate of drug-likeness (QED) is 0.0726. The molecule has 578 valence electrons. The average Bonchev–Trinajstić information content (AvgIpc) is 1.76. The molecule has 0 atom stereocenters. The summed E-state index contributed by atoms with van der Waals surface area (Å²) in [4.78, 5) is 0. The normalized spacial score (nSPS) is 13.9. The maximum atomic E-state index is 6.16. The van der Waals surface area contributed by atoms with E-state index in [0.29, 0.717) is 98.6 Å². The van der Waals surface area contributed by atoms with Crippen LogP contribution < -0.4 is 14.2 Å². The summed E-state index contributed by atoms with van der Waals surface area (Å²) in [5.41, 5.74) is 11.8. The number of fused-ring (bicyclic) bond motifs is 20. The zero-order valence-corrected chi connectivity index (χ0v) is 69.2. The topological polar surface area (TPSA) is 240 Å². The molecule has 6 aromatic heterocycles. The van der Waals surface area contributed by atoms with Crippen LogP contribution in [0, 0.1) is 50.2 Å². The van der Waals surface area contributed by atoms with Crippen LogP contribution in [0.3, 0.4) is 0 Å². The van der Waals surface area contributed by atoms with Gasteiger partial charge in [-0.2, -0.15) is 30.6 Å². The Kier molecular flexibility index (Phi) is 35.4. The van der Waals surface area contributed by atoms with Gasteiger partial charge in [0.15, 0.2) is 0 Å². The van der Waals surface area contributed by atoms with Gasteiger partial charge < -0.3 is 28.4 Å². The first-order valence-corrected chi connectivity index (χ1v) is 37.6. The van der Waals surface area contributed by atoms with Crippen LogP contribution in [0.25, 0.3) is 67.5 Å². The van der Waals surface area contributed by atoms with Gasteiger partial charge in [0.2, 0.25) is 0 Å². The van der Waals surface area contributed by atoms with Crippen molar-refractivity contribution in [1.82, 2.24) is 90.0 Å². The van der Waals surface area contributed by atoms with Crippen molar-refractivity contribution in [3.05, 3.63) is 182 Å². The van der Waals surface area contributed by atoms with E-state index >= 15 is 0 Å². The van der Waals surface area contributed by atoms with Gasteiger partial charge in [0.1, 0.15) is 0 Å². The fraction of sp³-hybridized carbons (Fsp3) is 0.415. The SMILES string of the molecule is CCCCCCn1nnc(-c2[c-]c(Oc3[c-]c(-c4nnn(CCCCCC)c4C)ccc3)ccc2)c1C.[Pt+2].[Pt+2].[Pt+2].[c-]1c2cccc1-c1cn(nn1)CCCCCCCCCCCCn1cc(nn1)-c1[c-]c(ccc1)O2.[c-]1c2cccc1-c1cn(nn1)CCOCCOCCOCCn1cc(nn1)-c1[c-]c(ccc1)O2. The molecule has 0 N–H and O–H groups in total. The van der Waals surface area contributed by atoms with E-state index in [-0.39, 0.29) is 63.2 Å². The Morgan fingerprint density at radius 3 is 0.991 bits per heavy atom. The van der Waals surface area contributed by atoms with Crippen LogP contribution in [0.4, 0.5) is 0 Å². The summed E-state index contributed by atoms with van der Waals surface area (Å²) in [6.07, 6.45) is 30.0. The van der Waals surface area contributed by atoms with Crippen molar-refractivity contribution < 1.29 is 91.6 Å². The Morgan fingerprint density at radius 1 is 0.330 bits per heavy atom. The van der Waals surface area contributed by atoms with Crippen LogP contribution in [-0.4, -0.2) is 130 Å². The molecule has 14 rings (SSSR count). The third kappa shape index (κ3) is 26.1. The van der Waals surface area contributed by atoms with Gasteiger partial charge in [-0.05, 0) is 39.5 Å². The van der Waals surface area contributed by atoms with Gasteiger partial charge in [-0.15, -0.1) is 143 Å². The van der Waals surface area contributed by atoms with Crippen molar-refractivity contribution in [2.45, 2.75) is 183 Å². The number of aryl methyl sites for hydroxylation is 4. The summed E-state index contributed by atoms with van der Waals surface area (Å²) >= 11 is 0. The molecule has 0 unspecified atom stereocenters. The molecule has 0 fully saturated rings. The summed E-state index contributed by atoms with van der Waals surface area (Å²) in [6, 6.07) is 54.5. The number of hydrogen-bond acceptors (Lipinski definition) is 18. The Bertz CT molecular complexity index is 4340. The monoisotopic (exact) mass is 2010 g/mol. The van der Waals surface area contributed by atoms with Crippen molar-refractivity contribution in [3.63, 3.8) is 0 Å². The molecule has 2 aliphatic heterocycles. The summed E-state index contributed by atoms with van der Waals surface area (Å²) in [6.45, 7) is 16.4. The Morgan fingerprint density at radius 2 is 0.642 bits per heavy atom. The molecule has 0 radical (unpaired) electrons. The van der Waals surface area contributed by atoms with Gasteiger partial charge in [-0.3, -0.25) is 28.1 Å². The van der Waals surface area contributed by atoms with Crippen LogP contribution in [-0.2, 0) is 117 Å². The van der Waals surface area contributed by atoms with Crippen molar-refractivity contribution >= 4 is 0 Å². The Labute approximate surface area is 682 Å². The van der Waals surface area contributed by atoms with Crippen LogP contribution in [0.1, 0.15) is 141 Å². The maximum Gasteiger partial charge on any atom is 2.00 e. The molecule has 12 aromatic rings. The summed E-state index contributed by atoms with van der Waals surface area (Å²) in [5.74, 6) is 3.55. The molecule has 2 aliphatic rings. The first kappa shape index (κ1) is 84.5. The molecule has 0 amide bonds. The Hall–Kier alpha value is -8.50. The van der Waals surface area contributed by atoms with Gasteiger partial charge in [-0.1, -0.05) is 171 Å². The van der Waals surface area contributed by atoms with E-state index in [4.69, 9.17) is 28.4 Å². The van der Waals surface area contributed by atoms with E-state index in [1.807, 2.05) is 153 Å². The van der Waals surface area contributed by atoms with Gasteiger partial charge in [0.05, 0.1) is 52.7 Å². The van der Waals surface area contributed by atoms with Crippen LogP contribution in [0.5, 0.6) is 34.5 Å². The molecule has 24 nitrogen and oxygen atoms in total. The number of hydrogen-bond donors (Lipinski definition) is 0. The smallest absolute Gasteiger partial charge is 0.497 e. The standard InChI is InChI=1S/C30H38N6O.C28H32N6O.C24H24N6O4.3Pt/c1-5-7-9-11-19-35-23(3)29(31-33-35)25-15-13-17-27(21-25)37-28-18-14-16-26(22-28)30-24(4)36(34-32-30)20-12-10-8-6-2;1-2-4-6-8-10-18-34-22-28(30-32-34)24-14-12-16-26(20-24)35-25-15-11-13-23(19-25)27-21-33(31-29-27)17-9-7-5-3-1;1-3-19-15-21(5-1)34-22-6-2-4-20(16-22)24-18-30(28-26-24)8-10-32-12-14-33-13-11-31-9-7-29-17-23(19)25-27-29;;;/h13-18H,5-12,19-20H2,1-4H3;11-16,21-22H,1-10,17-18H2;1-6,17-18H,7-14H2;;;/q3*-2;3*+2. The second kappa shape index (κ2) is 45.6. The molecule has 0 saturated heterocycles. The largest absolute Gasteiger partial charge is 2.00 e. The zero-order chi connectivity index (χ0) is 72.8. The van der Waals surface area contributed by atoms with Gasteiger partial charge in [0.25, 0.3) is 0 Å². The van der Waals surface area contributed by atoms with Crippen molar-refractivity contribution in [2.75, 3.05) is 39.6 Å². The molecular weight excluding hydrogens is 1920 g/mol. The van der Waals surface area contributed by atoms with E-state index in [0.717, 1.165) is 119 Å². The van der Waals surface area contributed by atoms with E-state index in [2.05, 4.69) is 126 Å². The number of benzene rings is 6. The fourth-order valence-electron chi connectivity index (χ4n) is 12.2. The Balaban J connectivity index is 0.000000186. The summed E-state index contributed by atoms with van der Waals surface area (Å²) in [5, 5.41) is 51.8. The molecule has 27 heteroatoms.